The van der Waals surface area contributed by atoms with Crippen LogP contribution in [0.3, 0.4) is 0 Å². The number of nitriles is 1. The van der Waals surface area contributed by atoms with E-state index in [1.165, 1.54) is 0 Å². The van der Waals surface area contributed by atoms with Crippen molar-refractivity contribution in [3.05, 3.63) is 29.3 Å². The van der Waals surface area contributed by atoms with Crippen molar-refractivity contribution in [2.45, 2.75) is 6.54 Å². The van der Waals surface area contributed by atoms with Crippen molar-refractivity contribution in [1.29, 1.82) is 5.26 Å². The topological polar surface area (TPSA) is 51.5 Å². The molecule has 21 heavy (non-hydrogen) atoms. The van der Waals surface area contributed by atoms with Gasteiger partial charge in [0, 0.05) is 40.3 Å². The van der Waals surface area contributed by atoms with E-state index in [-0.39, 0.29) is 0 Å². The fraction of sp³-hybridized carbons (Fsp3) is 0.562. The van der Waals surface area contributed by atoms with Gasteiger partial charge in [-0.15, -0.1) is 0 Å². The first kappa shape index (κ1) is 17.4. The molecule has 0 aliphatic carbocycles. The zero-order valence-corrected chi connectivity index (χ0v) is 13.5. The molecule has 1 aromatic rings. The summed E-state index contributed by atoms with van der Waals surface area (Å²) in [7, 11) is 7.81. The van der Waals surface area contributed by atoms with Gasteiger partial charge in [0.2, 0.25) is 0 Å². The Morgan fingerprint density at radius 2 is 2.00 bits per heavy atom. The van der Waals surface area contributed by atoms with E-state index in [1.807, 2.05) is 33.3 Å². The molecular formula is C16H26N4O. The quantitative estimate of drug-likeness (QED) is 0.695. The Morgan fingerprint density at radius 3 is 2.62 bits per heavy atom. The average molecular weight is 290 g/mol. The smallest absolute Gasteiger partial charge is 0.101 e. The summed E-state index contributed by atoms with van der Waals surface area (Å²) in [5.41, 5.74) is 2.83. The molecule has 0 radical (unpaired) electrons. The van der Waals surface area contributed by atoms with Crippen molar-refractivity contribution in [3.63, 3.8) is 0 Å². The summed E-state index contributed by atoms with van der Waals surface area (Å²) in [5.74, 6) is 0. The summed E-state index contributed by atoms with van der Waals surface area (Å²) in [6, 6.07) is 8.36. The van der Waals surface area contributed by atoms with Crippen LogP contribution in [0.15, 0.2) is 18.2 Å². The Morgan fingerprint density at radius 1 is 1.24 bits per heavy atom. The largest absolute Gasteiger partial charge is 0.383 e. The van der Waals surface area contributed by atoms with Crippen LogP contribution in [-0.2, 0) is 11.3 Å². The van der Waals surface area contributed by atoms with E-state index in [0.717, 1.165) is 43.0 Å². The van der Waals surface area contributed by atoms with Gasteiger partial charge in [0.05, 0.1) is 17.9 Å². The van der Waals surface area contributed by atoms with Gasteiger partial charge in [-0.1, -0.05) is 6.07 Å². The molecule has 0 unspecified atom stereocenters. The second-order valence-corrected chi connectivity index (χ2v) is 5.36. The second-order valence-electron chi connectivity index (χ2n) is 5.36. The van der Waals surface area contributed by atoms with Crippen molar-refractivity contribution >= 4 is 5.69 Å². The standard InChI is InChI=1S/C16H26N4O/c1-19(2)8-9-20(3)16-6-5-14(11-15(16)12-17)13-18-7-10-21-4/h5-6,11,18H,7-10,13H2,1-4H3. The van der Waals surface area contributed by atoms with E-state index in [2.05, 4.69) is 27.3 Å². The molecule has 0 aliphatic heterocycles. The Labute approximate surface area is 128 Å². The van der Waals surface area contributed by atoms with Crippen LogP contribution in [0.2, 0.25) is 0 Å². The molecule has 5 heteroatoms. The lowest BCUT2D eigenvalue weighted by molar-refractivity contribution is 0.199. The Bertz CT molecular complexity index is 468. The molecule has 0 aromatic heterocycles. The number of ether oxygens (including phenoxy) is 1. The highest BCUT2D eigenvalue weighted by Crippen LogP contribution is 2.20. The number of likely N-dealkylation sites (N-methyl/N-ethyl adjacent to an activating group) is 2. The third kappa shape index (κ3) is 6.13. The summed E-state index contributed by atoms with van der Waals surface area (Å²) in [6.07, 6.45) is 0. The van der Waals surface area contributed by atoms with Crippen LogP contribution in [0.25, 0.3) is 0 Å². The van der Waals surface area contributed by atoms with Crippen LogP contribution >= 0.6 is 0 Å². The first-order chi connectivity index (χ1) is 10.1. The van der Waals surface area contributed by atoms with E-state index >= 15 is 0 Å². The first-order valence-electron chi connectivity index (χ1n) is 7.17. The van der Waals surface area contributed by atoms with Crippen LogP contribution in [-0.4, -0.2) is 59.4 Å². The highest BCUT2D eigenvalue weighted by atomic mass is 16.5. The maximum Gasteiger partial charge on any atom is 0.101 e. The number of hydrogen-bond acceptors (Lipinski definition) is 5. The third-order valence-corrected chi connectivity index (χ3v) is 3.29. The lowest BCUT2D eigenvalue weighted by atomic mass is 10.1. The highest BCUT2D eigenvalue weighted by molar-refractivity contribution is 5.60. The molecule has 116 valence electrons. The zero-order chi connectivity index (χ0) is 15.7. The van der Waals surface area contributed by atoms with Gasteiger partial charge < -0.3 is 19.9 Å². The molecule has 0 amide bonds. The fourth-order valence-corrected chi connectivity index (χ4v) is 1.99. The summed E-state index contributed by atoms with van der Waals surface area (Å²) in [4.78, 5) is 4.26. The number of rotatable bonds is 9. The fourth-order valence-electron chi connectivity index (χ4n) is 1.99. The highest BCUT2D eigenvalue weighted by Gasteiger charge is 2.08. The predicted molar refractivity (Wildman–Crippen MR) is 86.6 cm³/mol. The summed E-state index contributed by atoms with van der Waals surface area (Å²) >= 11 is 0. The van der Waals surface area contributed by atoms with E-state index in [1.54, 1.807) is 7.11 Å². The van der Waals surface area contributed by atoms with Crippen molar-refractivity contribution in [2.75, 3.05) is 59.4 Å². The predicted octanol–water partition coefficient (Wildman–Crippen LogP) is 1.29. The van der Waals surface area contributed by atoms with E-state index in [9.17, 15) is 5.26 Å². The Hall–Kier alpha value is -1.61. The summed E-state index contributed by atoms with van der Waals surface area (Å²) in [5, 5.41) is 12.6. The lowest BCUT2D eigenvalue weighted by Gasteiger charge is -2.23. The number of nitrogens with zero attached hydrogens (tertiary/aromatic N) is 3. The summed E-state index contributed by atoms with van der Waals surface area (Å²) < 4.78 is 5.00. The molecule has 0 spiro atoms. The van der Waals surface area contributed by atoms with E-state index in [4.69, 9.17) is 4.74 Å². The van der Waals surface area contributed by atoms with Crippen LogP contribution in [0.1, 0.15) is 11.1 Å². The molecule has 5 nitrogen and oxygen atoms in total. The van der Waals surface area contributed by atoms with Crippen LogP contribution in [0.4, 0.5) is 5.69 Å². The van der Waals surface area contributed by atoms with Gasteiger partial charge in [-0.25, -0.2) is 0 Å². The number of hydrogen-bond donors (Lipinski definition) is 1. The molecule has 0 aliphatic rings. The molecule has 0 saturated carbocycles. The molecule has 0 atom stereocenters. The Kier molecular flexibility index (Phi) is 7.76. The minimum absolute atomic E-state index is 0.691. The van der Waals surface area contributed by atoms with Gasteiger partial charge in [-0.2, -0.15) is 5.26 Å². The number of nitrogens with one attached hydrogen (secondary N) is 1. The molecular weight excluding hydrogens is 264 g/mol. The van der Waals surface area contributed by atoms with Gasteiger partial charge in [0.25, 0.3) is 0 Å². The second kappa shape index (κ2) is 9.35. The SMILES string of the molecule is COCCNCc1ccc(N(C)CCN(C)C)c(C#N)c1. The number of benzene rings is 1. The van der Waals surface area contributed by atoms with Crippen molar-refractivity contribution < 1.29 is 4.74 Å². The minimum Gasteiger partial charge on any atom is -0.383 e. The lowest BCUT2D eigenvalue weighted by Crippen LogP contribution is -2.29. The van der Waals surface area contributed by atoms with Crippen molar-refractivity contribution in [3.8, 4) is 6.07 Å². The van der Waals surface area contributed by atoms with Crippen LogP contribution < -0.4 is 10.2 Å². The van der Waals surface area contributed by atoms with Gasteiger partial charge >= 0.3 is 0 Å². The molecule has 1 N–H and O–H groups in total. The molecule has 0 fully saturated rings. The van der Waals surface area contributed by atoms with Crippen molar-refractivity contribution in [2.24, 2.45) is 0 Å². The first-order valence-corrected chi connectivity index (χ1v) is 7.17. The third-order valence-electron chi connectivity index (χ3n) is 3.29. The summed E-state index contributed by atoms with van der Waals surface area (Å²) in [6.45, 7) is 4.11. The van der Waals surface area contributed by atoms with E-state index < -0.39 is 0 Å². The van der Waals surface area contributed by atoms with Crippen LogP contribution in [0.5, 0.6) is 0 Å². The average Bonchev–Trinajstić information content (AvgIpc) is 2.49. The zero-order valence-electron chi connectivity index (χ0n) is 13.5. The monoisotopic (exact) mass is 290 g/mol. The maximum atomic E-state index is 9.35. The number of anilines is 1. The van der Waals surface area contributed by atoms with Gasteiger partial charge in [-0.3, -0.25) is 0 Å². The minimum atomic E-state index is 0.691. The van der Waals surface area contributed by atoms with Gasteiger partial charge in [0.15, 0.2) is 0 Å². The van der Waals surface area contributed by atoms with Crippen LogP contribution in [0, 0.1) is 11.3 Å². The number of methoxy groups -OCH3 is 1. The van der Waals surface area contributed by atoms with E-state index in [0.29, 0.717) is 6.61 Å². The van der Waals surface area contributed by atoms with Gasteiger partial charge in [-0.05, 0) is 31.8 Å². The van der Waals surface area contributed by atoms with Crippen molar-refractivity contribution in [1.82, 2.24) is 10.2 Å². The Balaban J connectivity index is 2.68. The maximum absolute atomic E-state index is 9.35. The normalized spacial score (nSPS) is 10.7. The molecule has 1 aromatic carbocycles. The molecule has 0 saturated heterocycles. The van der Waals surface area contributed by atoms with Gasteiger partial charge in [0.1, 0.15) is 6.07 Å². The molecule has 0 heterocycles. The molecule has 0 bridgehead atoms. The molecule has 1 rings (SSSR count).